The number of rotatable bonds is 8. The van der Waals surface area contributed by atoms with Crippen molar-refractivity contribution in [3.05, 3.63) is 0 Å². The number of ether oxygens (including phenoxy) is 1. The topological polar surface area (TPSA) is 105 Å². The van der Waals surface area contributed by atoms with Crippen molar-refractivity contribution in [2.75, 3.05) is 19.7 Å². The van der Waals surface area contributed by atoms with Gasteiger partial charge in [0.25, 0.3) is 0 Å². The number of hydrogen-bond donors (Lipinski definition) is 3. The zero-order chi connectivity index (χ0) is 13.1. The van der Waals surface area contributed by atoms with Gasteiger partial charge in [-0.05, 0) is 6.42 Å². The molecular formula is C10H18N2O5. The molecule has 0 atom stereocenters. The fraction of sp³-hybridized carbons (Fsp3) is 0.700. The Morgan fingerprint density at radius 3 is 2.41 bits per heavy atom. The molecule has 0 fully saturated rings. The van der Waals surface area contributed by atoms with Crippen molar-refractivity contribution in [1.29, 1.82) is 0 Å². The van der Waals surface area contributed by atoms with Crippen LogP contribution in [-0.2, 0) is 14.3 Å². The molecule has 0 aliphatic heterocycles. The van der Waals surface area contributed by atoms with Crippen LogP contribution in [0, 0.1) is 0 Å². The number of aliphatic carboxylic acids is 1. The van der Waals surface area contributed by atoms with E-state index in [1.54, 1.807) is 0 Å². The Balaban J connectivity index is 3.49. The Hall–Kier alpha value is -1.79. The fourth-order valence-corrected chi connectivity index (χ4v) is 0.957. The lowest BCUT2D eigenvalue weighted by molar-refractivity contribution is -0.137. The maximum Gasteiger partial charge on any atom is 0.407 e. The van der Waals surface area contributed by atoms with Gasteiger partial charge in [-0.25, -0.2) is 4.79 Å². The summed E-state index contributed by atoms with van der Waals surface area (Å²) in [5.41, 5.74) is 0. The molecule has 0 saturated carbocycles. The van der Waals surface area contributed by atoms with Gasteiger partial charge >= 0.3 is 12.1 Å². The first-order valence-electron chi connectivity index (χ1n) is 5.45. The average molecular weight is 246 g/mol. The van der Waals surface area contributed by atoms with Crippen LogP contribution in [0.4, 0.5) is 4.79 Å². The predicted molar refractivity (Wildman–Crippen MR) is 59.5 cm³/mol. The van der Waals surface area contributed by atoms with E-state index in [1.807, 2.05) is 6.92 Å². The number of amides is 2. The Labute approximate surface area is 99.5 Å². The molecule has 0 spiro atoms. The van der Waals surface area contributed by atoms with E-state index in [2.05, 4.69) is 10.6 Å². The first-order valence-corrected chi connectivity index (χ1v) is 5.45. The number of carbonyl (C=O) groups excluding carboxylic acids is 2. The van der Waals surface area contributed by atoms with Gasteiger partial charge in [0.1, 0.15) is 13.1 Å². The van der Waals surface area contributed by atoms with E-state index in [9.17, 15) is 14.4 Å². The van der Waals surface area contributed by atoms with Gasteiger partial charge in [-0.1, -0.05) is 19.8 Å². The number of carboxylic acid groups (broad SMARTS) is 1. The molecule has 7 nitrogen and oxygen atoms in total. The van der Waals surface area contributed by atoms with Gasteiger partial charge in [-0.15, -0.1) is 0 Å². The highest BCUT2D eigenvalue weighted by Crippen LogP contribution is 1.93. The summed E-state index contributed by atoms with van der Waals surface area (Å²) in [6, 6.07) is 0. The van der Waals surface area contributed by atoms with Crippen LogP contribution in [0.5, 0.6) is 0 Å². The third-order valence-electron chi connectivity index (χ3n) is 1.81. The van der Waals surface area contributed by atoms with Crippen molar-refractivity contribution in [1.82, 2.24) is 10.6 Å². The van der Waals surface area contributed by atoms with Gasteiger partial charge in [0.2, 0.25) is 5.91 Å². The minimum absolute atomic E-state index is 0.292. The van der Waals surface area contributed by atoms with Crippen LogP contribution in [-0.4, -0.2) is 42.8 Å². The molecule has 3 N–H and O–H groups in total. The number of carboxylic acids is 1. The van der Waals surface area contributed by atoms with Crippen LogP contribution in [0.2, 0.25) is 0 Å². The standard InChI is InChI=1S/C10H18N2O5/c1-2-3-4-5-17-10(16)12-6-8(13)11-7-9(14)15/h2-7H2,1H3,(H,11,13)(H,12,16)(H,14,15). The minimum Gasteiger partial charge on any atom is -0.480 e. The Morgan fingerprint density at radius 1 is 1.12 bits per heavy atom. The second-order valence-corrected chi connectivity index (χ2v) is 3.37. The molecule has 0 bridgehead atoms. The van der Waals surface area contributed by atoms with Gasteiger partial charge < -0.3 is 20.5 Å². The van der Waals surface area contributed by atoms with E-state index in [1.165, 1.54) is 0 Å². The summed E-state index contributed by atoms with van der Waals surface area (Å²) < 4.78 is 4.77. The summed E-state index contributed by atoms with van der Waals surface area (Å²) in [7, 11) is 0. The van der Waals surface area contributed by atoms with E-state index in [4.69, 9.17) is 9.84 Å². The van der Waals surface area contributed by atoms with E-state index in [0.717, 1.165) is 19.3 Å². The normalized spacial score (nSPS) is 9.47. The average Bonchev–Trinajstić information content (AvgIpc) is 2.29. The summed E-state index contributed by atoms with van der Waals surface area (Å²) in [5.74, 6) is -1.71. The van der Waals surface area contributed by atoms with Crippen molar-refractivity contribution < 1.29 is 24.2 Å². The highest BCUT2D eigenvalue weighted by atomic mass is 16.5. The van der Waals surface area contributed by atoms with Crippen molar-refractivity contribution >= 4 is 18.0 Å². The smallest absolute Gasteiger partial charge is 0.407 e. The van der Waals surface area contributed by atoms with Crippen molar-refractivity contribution in [3.8, 4) is 0 Å². The molecule has 0 radical (unpaired) electrons. The molecule has 98 valence electrons. The molecule has 0 aliphatic rings. The van der Waals surface area contributed by atoms with Crippen molar-refractivity contribution in [2.24, 2.45) is 0 Å². The summed E-state index contributed by atoms with van der Waals surface area (Å²) in [4.78, 5) is 32.1. The Bertz CT molecular complexity index is 267. The molecule has 0 heterocycles. The first kappa shape index (κ1) is 15.2. The van der Waals surface area contributed by atoms with Crippen LogP contribution >= 0.6 is 0 Å². The first-order chi connectivity index (χ1) is 8.06. The predicted octanol–water partition coefficient (Wildman–Crippen LogP) is 0.104. The summed E-state index contributed by atoms with van der Waals surface area (Å²) in [6.45, 7) is 1.59. The van der Waals surface area contributed by atoms with Gasteiger partial charge in [0.15, 0.2) is 0 Å². The monoisotopic (exact) mass is 246 g/mol. The molecule has 0 unspecified atom stereocenters. The summed E-state index contributed by atoms with van der Waals surface area (Å²) in [6.07, 6.45) is 2.12. The highest BCUT2D eigenvalue weighted by molar-refractivity contribution is 5.84. The zero-order valence-corrected chi connectivity index (χ0v) is 9.82. The van der Waals surface area contributed by atoms with Gasteiger partial charge in [-0.3, -0.25) is 9.59 Å². The third kappa shape index (κ3) is 10.5. The van der Waals surface area contributed by atoms with Crippen LogP contribution in [0.1, 0.15) is 26.2 Å². The SMILES string of the molecule is CCCCCOC(=O)NCC(=O)NCC(=O)O. The van der Waals surface area contributed by atoms with E-state index < -0.39 is 24.5 Å². The van der Waals surface area contributed by atoms with Crippen LogP contribution in [0.25, 0.3) is 0 Å². The zero-order valence-electron chi connectivity index (χ0n) is 9.82. The molecule has 0 aromatic heterocycles. The molecule has 2 amide bonds. The highest BCUT2D eigenvalue weighted by Gasteiger charge is 2.06. The lowest BCUT2D eigenvalue weighted by atomic mass is 10.3. The molecule has 0 aromatic carbocycles. The molecule has 0 aromatic rings. The second-order valence-electron chi connectivity index (χ2n) is 3.37. The fourth-order valence-electron chi connectivity index (χ4n) is 0.957. The summed E-state index contributed by atoms with van der Waals surface area (Å²) >= 11 is 0. The van der Waals surface area contributed by atoms with E-state index in [0.29, 0.717) is 6.61 Å². The largest absolute Gasteiger partial charge is 0.480 e. The van der Waals surface area contributed by atoms with Crippen LogP contribution in [0.15, 0.2) is 0 Å². The molecule has 0 aliphatic carbocycles. The summed E-state index contributed by atoms with van der Waals surface area (Å²) in [5, 5.41) is 12.6. The lowest BCUT2D eigenvalue weighted by Gasteiger charge is -2.06. The van der Waals surface area contributed by atoms with E-state index in [-0.39, 0.29) is 6.54 Å². The van der Waals surface area contributed by atoms with Crippen molar-refractivity contribution in [2.45, 2.75) is 26.2 Å². The maximum atomic E-state index is 11.0. The number of alkyl carbamates (subject to hydrolysis) is 1. The second kappa shape index (κ2) is 9.44. The van der Waals surface area contributed by atoms with Gasteiger partial charge in [-0.2, -0.15) is 0 Å². The van der Waals surface area contributed by atoms with Crippen molar-refractivity contribution in [3.63, 3.8) is 0 Å². The molecular weight excluding hydrogens is 228 g/mol. The molecule has 0 rings (SSSR count). The van der Waals surface area contributed by atoms with Crippen LogP contribution in [0.3, 0.4) is 0 Å². The van der Waals surface area contributed by atoms with Gasteiger partial charge in [0, 0.05) is 0 Å². The molecule has 17 heavy (non-hydrogen) atoms. The maximum absolute atomic E-state index is 11.0. The van der Waals surface area contributed by atoms with Gasteiger partial charge in [0.05, 0.1) is 6.61 Å². The number of hydrogen-bond acceptors (Lipinski definition) is 4. The lowest BCUT2D eigenvalue weighted by Crippen LogP contribution is -2.39. The number of unbranched alkanes of at least 4 members (excludes halogenated alkanes) is 2. The third-order valence-corrected chi connectivity index (χ3v) is 1.81. The molecule has 0 saturated heterocycles. The van der Waals surface area contributed by atoms with E-state index >= 15 is 0 Å². The van der Waals surface area contributed by atoms with Crippen LogP contribution < -0.4 is 10.6 Å². The number of carbonyl (C=O) groups is 3. The Kier molecular flexibility index (Phi) is 8.44. The number of nitrogens with one attached hydrogen (secondary N) is 2. The Morgan fingerprint density at radius 2 is 1.82 bits per heavy atom. The molecule has 7 heteroatoms. The quantitative estimate of drug-likeness (QED) is 0.527. The minimum atomic E-state index is -1.14.